The highest BCUT2D eigenvalue weighted by atomic mass is 16.3. The standard InChI is InChI=1S/C8H12O2/c1-7(4-3-5-9)6-8(2)10/h3-4,6,9-10H,2,5H2,1H3/b4-3-,7-6-. The molecule has 10 heavy (non-hydrogen) atoms. The second-order valence-corrected chi connectivity index (χ2v) is 1.96. The van der Waals surface area contributed by atoms with Crippen molar-refractivity contribution in [3.05, 3.63) is 36.1 Å². The lowest BCUT2D eigenvalue weighted by Gasteiger charge is -1.89. The van der Waals surface area contributed by atoms with Crippen LogP contribution >= 0.6 is 0 Å². The molecule has 0 unspecified atom stereocenters. The van der Waals surface area contributed by atoms with E-state index < -0.39 is 0 Å². The van der Waals surface area contributed by atoms with Gasteiger partial charge in [0.2, 0.25) is 0 Å². The van der Waals surface area contributed by atoms with Crippen molar-refractivity contribution in [1.29, 1.82) is 0 Å². The zero-order chi connectivity index (χ0) is 7.98. The van der Waals surface area contributed by atoms with Gasteiger partial charge in [0.15, 0.2) is 0 Å². The summed E-state index contributed by atoms with van der Waals surface area (Å²) in [6.07, 6.45) is 4.82. The first-order valence-corrected chi connectivity index (χ1v) is 3.00. The molecule has 56 valence electrons. The highest BCUT2D eigenvalue weighted by molar-refractivity contribution is 5.22. The molecule has 0 spiro atoms. The van der Waals surface area contributed by atoms with Gasteiger partial charge in [0.1, 0.15) is 5.76 Å². The van der Waals surface area contributed by atoms with Gasteiger partial charge >= 0.3 is 0 Å². The van der Waals surface area contributed by atoms with Crippen LogP contribution in [0.5, 0.6) is 0 Å². The molecule has 0 aromatic rings. The predicted molar refractivity (Wildman–Crippen MR) is 41.8 cm³/mol. The SMILES string of the molecule is C=C(O)/C=C(C)\C=C/CO. The van der Waals surface area contributed by atoms with Gasteiger partial charge in [-0.1, -0.05) is 18.7 Å². The smallest absolute Gasteiger partial charge is 0.108 e. The van der Waals surface area contributed by atoms with Crippen molar-refractivity contribution >= 4 is 0 Å². The summed E-state index contributed by atoms with van der Waals surface area (Å²) >= 11 is 0. The summed E-state index contributed by atoms with van der Waals surface area (Å²) in [6, 6.07) is 0. The van der Waals surface area contributed by atoms with Crippen LogP contribution in [-0.4, -0.2) is 16.8 Å². The molecule has 0 aromatic heterocycles. The third-order valence-electron chi connectivity index (χ3n) is 0.880. The molecule has 0 aliphatic heterocycles. The molecule has 0 aliphatic rings. The van der Waals surface area contributed by atoms with Crippen molar-refractivity contribution in [2.45, 2.75) is 6.92 Å². The van der Waals surface area contributed by atoms with E-state index in [9.17, 15) is 0 Å². The van der Waals surface area contributed by atoms with Crippen LogP contribution in [0.4, 0.5) is 0 Å². The summed E-state index contributed by atoms with van der Waals surface area (Å²) in [5.41, 5.74) is 0.863. The molecule has 0 atom stereocenters. The van der Waals surface area contributed by atoms with Gasteiger partial charge in [-0.25, -0.2) is 0 Å². The summed E-state index contributed by atoms with van der Waals surface area (Å²) in [4.78, 5) is 0. The van der Waals surface area contributed by atoms with Gasteiger partial charge in [-0.05, 0) is 18.6 Å². The number of aliphatic hydroxyl groups is 2. The number of hydrogen-bond donors (Lipinski definition) is 2. The van der Waals surface area contributed by atoms with E-state index in [1.54, 1.807) is 12.2 Å². The van der Waals surface area contributed by atoms with Crippen LogP contribution in [0.15, 0.2) is 36.1 Å². The maximum atomic E-state index is 8.65. The molecule has 0 rings (SSSR count). The van der Waals surface area contributed by atoms with E-state index in [1.165, 1.54) is 6.08 Å². The first-order valence-electron chi connectivity index (χ1n) is 3.00. The Morgan fingerprint density at radius 2 is 2.20 bits per heavy atom. The third kappa shape index (κ3) is 5.12. The van der Waals surface area contributed by atoms with Crippen molar-refractivity contribution in [2.75, 3.05) is 6.61 Å². The second-order valence-electron chi connectivity index (χ2n) is 1.96. The van der Waals surface area contributed by atoms with E-state index in [-0.39, 0.29) is 12.4 Å². The quantitative estimate of drug-likeness (QED) is 0.461. The molecule has 2 heteroatoms. The Hall–Kier alpha value is -1.02. The molecule has 2 N–H and O–H groups in total. The van der Waals surface area contributed by atoms with Gasteiger partial charge in [0, 0.05) is 0 Å². The molecule has 0 heterocycles. The molecule has 0 radical (unpaired) electrons. The van der Waals surface area contributed by atoms with Crippen LogP contribution in [0.3, 0.4) is 0 Å². The van der Waals surface area contributed by atoms with Crippen molar-refractivity contribution in [2.24, 2.45) is 0 Å². The Balaban J connectivity index is 3.94. The van der Waals surface area contributed by atoms with Crippen molar-refractivity contribution in [1.82, 2.24) is 0 Å². The Morgan fingerprint density at radius 3 is 2.60 bits per heavy atom. The zero-order valence-electron chi connectivity index (χ0n) is 6.04. The largest absolute Gasteiger partial charge is 0.509 e. The lowest BCUT2D eigenvalue weighted by Crippen LogP contribution is -1.75. The predicted octanol–water partition coefficient (Wildman–Crippen LogP) is 1.55. The molecule has 2 nitrogen and oxygen atoms in total. The number of rotatable bonds is 3. The van der Waals surface area contributed by atoms with Crippen LogP contribution in [-0.2, 0) is 0 Å². The van der Waals surface area contributed by atoms with Gasteiger partial charge in [0.25, 0.3) is 0 Å². The number of aliphatic hydroxyl groups excluding tert-OH is 2. The van der Waals surface area contributed by atoms with E-state index in [4.69, 9.17) is 10.2 Å². The fraction of sp³-hybridized carbons (Fsp3) is 0.250. The van der Waals surface area contributed by atoms with Crippen LogP contribution < -0.4 is 0 Å². The summed E-state index contributed by atoms with van der Waals surface area (Å²) in [6.45, 7) is 5.12. The first-order chi connectivity index (χ1) is 4.66. The Bertz CT molecular complexity index is 166. The average Bonchev–Trinajstić information content (AvgIpc) is 1.82. The molecule has 0 amide bonds. The number of allylic oxidation sites excluding steroid dienone is 3. The van der Waals surface area contributed by atoms with E-state index in [0.29, 0.717) is 0 Å². The van der Waals surface area contributed by atoms with Crippen LogP contribution in [0.2, 0.25) is 0 Å². The molecule has 0 aromatic carbocycles. The lowest BCUT2D eigenvalue weighted by molar-refractivity contribution is 0.342. The monoisotopic (exact) mass is 140 g/mol. The van der Waals surface area contributed by atoms with E-state index >= 15 is 0 Å². The highest BCUT2D eigenvalue weighted by Gasteiger charge is 1.81. The molecule has 0 saturated carbocycles. The van der Waals surface area contributed by atoms with Crippen LogP contribution in [0.1, 0.15) is 6.92 Å². The van der Waals surface area contributed by atoms with Crippen molar-refractivity contribution < 1.29 is 10.2 Å². The van der Waals surface area contributed by atoms with E-state index in [2.05, 4.69) is 6.58 Å². The summed E-state index contributed by atoms with van der Waals surface area (Å²) in [5.74, 6) is 0.0279. The summed E-state index contributed by atoms with van der Waals surface area (Å²) in [5, 5.41) is 17.0. The van der Waals surface area contributed by atoms with Gasteiger partial charge in [-0.2, -0.15) is 0 Å². The normalized spacial score (nSPS) is 12.4. The molecular weight excluding hydrogens is 128 g/mol. The topological polar surface area (TPSA) is 40.5 Å². The van der Waals surface area contributed by atoms with Crippen LogP contribution in [0.25, 0.3) is 0 Å². The third-order valence-corrected chi connectivity index (χ3v) is 0.880. The van der Waals surface area contributed by atoms with Crippen molar-refractivity contribution in [3.63, 3.8) is 0 Å². The molecule has 0 fully saturated rings. The maximum absolute atomic E-state index is 8.65. The Labute approximate surface area is 60.8 Å². The van der Waals surface area contributed by atoms with Crippen LogP contribution in [0, 0.1) is 0 Å². The van der Waals surface area contributed by atoms with E-state index in [1.807, 2.05) is 6.92 Å². The molecule has 0 aliphatic carbocycles. The zero-order valence-corrected chi connectivity index (χ0v) is 6.04. The van der Waals surface area contributed by atoms with E-state index in [0.717, 1.165) is 5.57 Å². The van der Waals surface area contributed by atoms with Gasteiger partial charge < -0.3 is 10.2 Å². The maximum Gasteiger partial charge on any atom is 0.108 e. The molecule has 0 saturated heterocycles. The molecular formula is C8H12O2. The fourth-order valence-corrected chi connectivity index (χ4v) is 0.550. The van der Waals surface area contributed by atoms with Crippen molar-refractivity contribution in [3.8, 4) is 0 Å². The summed E-state index contributed by atoms with van der Waals surface area (Å²) < 4.78 is 0. The average molecular weight is 140 g/mol. The summed E-state index contributed by atoms with van der Waals surface area (Å²) in [7, 11) is 0. The second kappa shape index (κ2) is 4.82. The highest BCUT2D eigenvalue weighted by Crippen LogP contribution is 1.97. The van der Waals surface area contributed by atoms with Gasteiger partial charge in [-0.15, -0.1) is 0 Å². The minimum atomic E-state index is 0.0169. The van der Waals surface area contributed by atoms with Gasteiger partial charge in [0.05, 0.1) is 6.61 Å². The number of hydrogen-bond acceptors (Lipinski definition) is 2. The molecule has 0 bridgehead atoms. The minimum absolute atomic E-state index is 0.0169. The minimum Gasteiger partial charge on any atom is -0.509 e. The Kier molecular flexibility index (Phi) is 4.33. The fourth-order valence-electron chi connectivity index (χ4n) is 0.550. The lowest BCUT2D eigenvalue weighted by atomic mass is 10.2. The first kappa shape index (κ1) is 8.98. The van der Waals surface area contributed by atoms with Gasteiger partial charge in [-0.3, -0.25) is 0 Å². The Morgan fingerprint density at radius 1 is 1.60 bits per heavy atom.